The van der Waals surface area contributed by atoms with E-state index < -0.39 is 66.9 Å². The Hall–Kier alpha value is -2.51. The highest BCUT2D eigenvalue weighted by Gasteiger charge is 2.41. The van der Waals surface area contributed by atoms with E-state index in [-0.39, 0.29) is 12.2 Å². The maximum absolute atomic E-state index is 13.4. The third-order valence-corrected chi connectivity index (χ3v) is 6.41. The van der Waals surface area contributed by atoms with Crippen LogP contribution in [-0.4, -0.2) is 31.1 Å². The van der Waals surface area contributed by atoms with Crippen molar-refractivity contribution in [3.63, 3.8) is 0 Å². The van der Waals surface area contributed by atoms with E-state index in [1.807, 2.05) is 0 Å². The number of carbonyl (C=O) groups excluding carboxylic acids is 1. The molecular weight excluding hydrogens is 476 g/mol. The summed E-state index contributed by atoms with van der Waals surface area (Å²) in [6.07, 6.45) is -2.21. The normalized spacial score (nSPS) is 14.6. The van der Waals surface area contributed by atoms with Gasteiger partial charge in [0.1, 0.15) is 16.6 Å². The zero-order chi connectivity index (χ0) is 23.3. The van der Waals surface area contributed by atoms with Crippen LogP contribution < -0.4 is 10.0 Å². The topological polar surface area (TPSA) is 80.2 Å². The fourth-order valence-corrected chi connectivity index (χ4v) is 4.95. The third-order valence-electron chi connectivity index (χ3n) is 4.31. The molecule has 2 aromatic rings. The Bertz CT molecular complexity index is 1180. The van der Waals surface area contributed by atoms with Crippen molar-refractivity contribution in [2.45, 2.75) is 30.6 Å². The Balaban J connectivity index is 2.02. The Labute approximate surface area is 176 Å². The van der Waals surface area contributed by atoms with Crippen molar-refractivity contribution in [1.82, 2.24) is 9.29 Å². The second-order valence-corrected chi connectivity index (χ2v) is 8.51. The van der Waals surface area contributed by atoms with Crippen LogP contribution in [0, 0.1) is 17.5 Å². The Morgan fingerprint density at radius 2 is 1.77 bits per heavy atom. The molecule has 0 fully saturated rings. The van der Waals surface area contributed by atoms with E-state index in [1.54, 1.807) is 0 Å². The molecule has 0 saturated heterocycles. The van der Waals surface area contributed by atoms with Gasteiger partial charge in [0.2, 0.25) is 10.0 Å². The maximum atomic E-state index is 13.4. The number of halogens is 7. The van der Waals surface area contributed by atoms with E-state index in [1.165, 1.54) is 16.9 Å². The number of carbonyl (C=O) groups is 1. The summed E-state index contributed by atoms with van der Waals surface area (Å²) in [5.74, 6) is -6.05. The molecular formula is C17H12ClF6N3O3S. The van der Waals surface area contributed by atoms with Crippen LogP contribution in [0.2, 0.25) is 5.02 Å². The first-order valence-electron chi connectivity index (χ1n) is 8.37. The number of anilines is 1. The number of aromatic nitrogens is 1. The van der Waals surface area contributed by atoms with Crippen molar-refractivity contribution in [2.75, 3.05) is 5.32 Å². The minimum atomic E-state index is -4.88. The fraction of sp³-hybridized carbons (Fsp3) is 0.235. The minimum absolute atomic E-state index is 0.0473. The molecule has 31 heavy (non-hydrogen) atoms. The van der Waals surface area contributed by atoms with E-state index in [0.29, 0.717) is 19.1 Å². The lowest BCUT2D eigenvalue weighted by atomic mass is 10.2. The second kappa shape index (κ2) is 7.88. The van der Waals surface area contributed by atoms with Crippen molar-refractivity contribution in [3.8, 4) is 0 Å². The van der Waals surface area contributed by atoms with Crippen LogP contribution in [0.1, 0.15) is 23.1 Å². The number of nitrogens with one attached hydrogen (secondary N) is 2. The van der Waals surface area contributed by atoms with Gasteiger partial charge in [-0.15, -0.1) is 0 Å². The first-order valence-corrected chi connectivity index (χ1v) is 10.2. The number of benzene rings is 1. The lowest BCUT2D eigenvalue weighted by molar-refractivity contribution is -0.147. The van der Waals surface area contributed by atoms with E-state index in [4.69, 9.17) is 11.6 Å². The number of alkyl halides is 3. The summed E-state index contributed by atoms with van der Waals surface area (Å²) in [7, 11) is -4.83. The molecule has 1 atom stereocenters. The molecule has 0 aliphatic carbocycles. The Morgan fingerprint density at radius 3 is 2.32 bits per heavy atom. The summed E-state index contributed by atoms with van der Waals surface area (Å²) in [6.45, 7) is 0.539. The van der Waals surface area contributed by atoms with Crippen molar-refractivity contribution in [2.24, 2.45) is 0 Å². The van der Waals surface area contributed by atoms with Crippen molar-refractivity contribution >= 4 is 39.3 Å². The highest BCUT2D eigenvalue weighted by atomic mass is 35.5. The van der Waals surface area contributed by atoms with Crippen LogP contribution in [0.15, 0.2) is 23.1 Å². The minimum Gasteiger partial charge on any atom is -0.331 e. The van der Waals surface area contributed by atoms with Gasteiger partial charge in [-0.25, -0.2) is 21.6 Å². The smallest absolute Gasteiger partial charge is 0.331 e. The molecule has 14 heteroatoms. The third kappa shape index (κ3) is 4.29. The van der Waals surface area contributed by atoms with Crippen LogP contribution in [0.4, 0.5) is 32.0 Å². The zero-order valence-electron chi connectivity index (χ0n) is 15.3. The Kier molecular flexibility index (Phi) is 5.88. The highest BCUT2D eigenvalue weighted by molar-refractivity contribution is 7.89. The first kappa shape index (κ1) is 23.2. The van der Waals surface area contributed by atoms with Crippen LogP contribution in [0.25, 0.3) is 6.08 Å². The summed E-state index contributed by atoms with van der Waals surface area (Å²) in [5, 5.41) is 1.36. The van der Waals surface area contributed by atoms with Gasteiger partial charge in [-0.3, -0.25) is 4.79 Å². The van der Waals surface area contributed by atoms with Gasteiger partial charge in [-0.05, 0) is 13.0 Å². The van der Waals surface area contributed by atoms with Crippen molar-refractivity contribution in [3.05, 3.63) is 52.1 Å². The average molecular weight is 488 g/mol. The largest absolute Gasteiger partial charge is 0.404 e. The summed E-state index contributed by atoms with van der Waals surface area (Å²) in [6, 6.07) is -1.47. The van der Waals surface area contributed by atoms with E-state index >= 15 is 0 Å². The number of hydrogen-bond acceptors (Lipinski definition) is 3. The van der Waals surface area contributed by atoms with Crippen LogP contribution >= 0.6 is 11.6 Å². The van der Waals surface area contributed by atoms with Gasteiger partial charge >= 0.3 is 6.18 Å². The predicted molar refractivity (Wildman–Crippen MR) is 98.6 cm³/mol. The van der Waals surface area contributed by atoms with Gasteiger partial charge in [0, 0.05) is 24.4 Å². The number of allylic oxidation sites excluding steroid dienone is 1. The number of amides is 1. The molecule has 2 heterocycles. The number of sulfonamides is 1. The molecule has 1 aliphatic rings. The standard InChI is InChI=1S/C17H12ClF6N3O3S/c1-7(17(22,23)24)26-31(29,30)15-11-3-2-4-27(11)14(12(15)18)16(28)25-8-5-9(19)13(21)10(20)6-8/h2-3,5-7,26H,4H2,1H3,(H,25,28)/t7-/m1/s1. The quantitative estimate of drug-likeness (QED) is 0.493. The van der Waals surface area contributed by atoms with Crippen LogP contribution in [-0.2, 0) is 16.6 Å². The molecule has 0 radical (unpaired) electrons. The lowest BCUT2D eigenvalue weighted by Gasteiger charge is -2.17. The molecule has 0 unspecified atom stereocenters. The first-order chi connectivity index (χ1) is 14.2. The van der Waals surface area contributed by atoms with E-state index in [9.17, 15) is 39.6 Å². The van der Waals surface area contributed by atoms with Crippen molar-refractivity contribution in [1.29, 1.82) is 0 Å². The van der Waals surface area contributed by atoms with E-state index in [0.717, 1.165) is 4.57 Å². The molecule has 2 N–H and O–H groups in total. The summed E-state index contributed by atoms with van der Waals surface area (Å²) < 4.78 is 106. The van der Waals surface area contributed by atoms with Gasteiger partial charge in [0.15, 0.2) is 17.5 Å². The van der Waals surface area contributed by atoms with Gasteiger partial charge < -0.3 is 9.88 Å². The number of hydrogen-bond donors (Lipinski definition) is 2. The van der Waals surface area contributed by atoms with Crippen LogP contribution in [0.5, 0.6) is 0 Å². The van der Waals surface area contributed by atoms with Crippen molar-refractivity contribution < 1.29 is 39.6 Å². The fourth-order valence-electron chi connectivity index (χ4n) is 2.86. The molecule has 6 nitrogen and oxygen atoms in total. The summed E-state index contributed by atoms with van der Waals surface area (Å²) in [4.78, 5) is 11.9. The van der Waals surface area contributed by atoms with E-state index in [2.05, 4.69) is 5.32 Å². The molecule has 0 spiro atoms. The summed E-state index contributed by atoms with van der Waals surface area (Å²) in [5.41, 5.74) is -1.13. The number of fused-ring (bicyclic) bond motifs is 1. The Morgan fingerprint density at radius 1 is 1.19 bits per heavy atom. The molecule has 1 aromatic carbocycles. The summed E-state index contributed by atoms with van der Waals surface area (Å²) >= 11 is 6.05. The second-order valence-electron chi connectivity index (χ2n) is 6.48. The number of rotatable bonds is 5. The maximum Gasteiger partial charge on any atom is 0.404 e. The number of nitrogens with zero attached hydrogens (tertiary/aromatic N) is 1. The molecule has 0 bridgehead atoms. The molecule has 168 valence electrons. The van der Waals surface area contributed by atoms with Gasteiger partial charge in [0.05, 0.1) is 10.7 Å². The van der Waals surface area contributed by atoms with Crippen LogP contribution in [0.3, 0.4) is 0 Å². The highest BCUT2D eigenvalue weighted by Crippen LogP contribution is 2.36. The molecule has 0 saturated carbocycles. The molecule has 3 rings (SSSR count). The average Bonchev–Trinajstić information content (AvgIpc) is 3.17. The van der Waals surface area contributed by atoms with Gasteiger partial charge in [-0.2, -0.15) is 17.9 Å². The van der Waals surface area contributed by atoms with Gasteiger partial charge in [0.25, 0.3) is 5.91 Å². The van der Waals surface area contributed by atoms with Gasteiger partial charge in [-0.1, -0.05) is 17.7 Å². The predicted octanol–water partition coefficient (Wildman–Crippen LogP) is 4.07. The SMILES string of the molecule is C[C@@H](NS(=O)(=O)c1c(Cl)c(C(=O)Nc2cc(F)c(F)c(F)c2)n2c1C=CC2)C(F)(F)F. The zero-order valence-corrected chi connectivity index (χ0v) is 16.9. The molecule has 1 aromatic heterocycles. The lowest BCUT2D eigenvalue weighted by Crippen LogP contribution is -2.43. The molecule has 1 amide bonds. The molecule has 1 aliphatic heterocycles. The monoisotopic (exact) mass is 487 g/mol.